The highest BCUT2D eigenvalue weighted by atomic mass is 32.2. The number of carboxylic acid groups (broad SMARTS) is 1. The number of hydrogen-bond donors (Lipinski definition) is 4. The van der Waals surface area contributed by atoms with Crippen molar-refractivity contribution in [2.75, 3.05) is 18.6 Å². The van der Waals surface area contributed by atoms with Crippen LogP contribution in [-0.2, 0) is 9.59 Å². The summed E-state index contributed by atoms with van der Waals surface area (Å²) in [5, 5.41) is 13.5. The normalized spacial score (nSPS) is 11.6. The Morgan fingerprint density at radius 1 is 1.26 bits per heavy atom. The van der Waals surface area contributed by atoms with Crippen molar-refractivity contribution in [2.24, 2.45) is 5.73 Å². The molecule has 0 aliphatic carbocycles. The number of aliphatic carboxylic acids is 1. The monoisotopic (exact) mass is 291 g/mol. The molecule has 0 saturated carbocycles. The summed E-state index contributed by atoms with van der Waals surface area (Å²) in [6, 6.07) is -1.88. The molecule has 8 heteroatoms. The first-order chi connectivity index (χ1) is 8.97. The van der Waals surface area contributed by atoms with E-state index in [1.165, 1.54) is 0 Å². The molecule has 0 radical (unpaired) electrons. The zero-order chi connectivity index (χ0) is 14.7. The number of primary amides is 1. The van der Waals surface area contributed by atoms with Crippen molar-refractivity contribution in [3.8, 4) is 0 Å². The van der Waals surface area contributed by atoms with Crippen LogP contribution in [0.2, 0.25) is 0 Å². The van der Waals surface area contributed by atoms with E-state index in [-0.39, 0.29) is 0 Å². The van der Waals surface area contributed by atoms with Crippen molar-refractivity contribution in [3.63, 3.8) is 0 Å². The van der Waals surface area contributed by atoms with Crippen molar-refractivity contribution in [3.05, 3.63) is 0 Å². The molecule has 0 bridgehead atoms. The van der Waals surface area contributed by atoms with E-state index in [4.69, 9.17) is 10.8 Å². The van der Waals surface area contributed by atoms with Crippen LogP contribution in [0.25, 0.3) is 0 Å². The summed E-state index contributed by atoms with van der Waals surface area (Å²) in [4.78, 5) is 32.8. The molecule has 110 valence electrons. The van der Waals surface area contributed by atoms with Gasteiger partial charge in [0.15, 0.2) is 0 Å². The first kappa shape index (κ1) is 17.6. The second kappa shape index (κ2) is 10.5. The summed E-state index contributed by atoms with van der Waals surface area (Å²) >= 11 is 1.77. The SMILES string of the molecule is CSCCCCCNC(=O)N[C@H](CC(N)=O)C(=O)O. The van der Waals surface area contributed by atoms with E-state index in [1.807, 2.05) is 6.26 Å². The third kappa shape index (κ3) is 10.2. The lowest BCUT2D eigenvalue weighted by atomic mass is 10.2. The molecule has 0 aliphatic heterocycles. The fourth-order valence-electron chi connectivity index (χ4n) is 1.36. The average molecular weight is 291 g/mol. The molecule has 19 heavy (non-hydrogen) atoms. The number of amides is 3. The number of thioether (sulfide) groups is 1. The molecule has 0 saturated heterocycles. The molecule has 0 aliphatic rings. The second-order valence-corrected chi connectivity index (χ2v) is 5.00. The fraction of sp³-hybridized carbons (Fsp3) is 0.727. The molecule has 0 aromatic rings. The number of nitrogens with one attached hydrogen (secondary N) is 2. The van der Waals surface area contributed by atoms with Gasteiger partial charge in [0.1, 0.15) is 6.04 Å². The van der Waals surface area contributed by atoms with Gasteiger partial charge in [-0.25, -0.2) is 9.59 Å². The number of carboxylic acids is 1. The van der Waals surface area contributed by atoms with Crippen LogP contribution in [-0.4, -0.2) is 47.6 Å². The minimum atomic E-state index is -1.28. The standard InChI is InChI=1S/C11H21N3O4S/c1-19-6-4-2-3-5-13-11(18)14-8(10(16)17)7-9(12)15/h8H,2-7H2,1H3,(H2,12,15)(H,16,17)(H2,13,14,18)/t8-/m1/s1. The van der Waals surface area contributed by atoms with E-state index >= 15 is 0 Å². The van der Waals surface area contributed by atoms with Gasteiger partial charge in [0.25, 0.3) is 0 Å². The Balaban J connectivity index is 3.81. The molecule has 0 unspecified atom stereocenters. The first-order valence-corrected chi connectivity index (χ1v) is 7.41. The van der Waals surface area contributed by atoms with Gasteiger partial charge >= 0.3 is 12.0 Å². The predicted molar refractivity (Wildman–Crippen MR) is 74.0 cm³/mol. The molecular formula is C11H21N3O4S. The number of nitrogens with two attached hydrogens (primary N) is 1. The van der Waals surface area contributed by atoms with Crippen LogP contribution in [0.5, 0.6) is 0 Å². The lowest BCUT2D eigenvalue weighted by Crippen LogP contribution is -2.47. The second-order valence-electron chi connectivity index (χ2n) is 4.01. The van der Waals surface area contributed by atoms with Gasteiger partial charge in [0, 0.05) is 6.54 Å². The third-order valence-electron chi connectivity index (χ3n) is 2.32. The fourth-order valence-corrected chi connectivity index (χ4v) is 1.85. The molecule has 0 spiro atoms. The number of unbranched alkanes of at least 4 members (excludes halogenated alkanes) is 2. The van der Waals surface area contributed by atoms with Gasteiger partial charge in [-0.2, -0.15) is 11.8 Å². The molecule has 3 amide bonds. The third-order valence-corrected chi connectivity index (χ3v) is 3.02. The van der Waals surface area contributed by atoms with Gasteiger partial charge in [-0.3, -0.25) is 4.79 Å². The maximum atomic E-state index is 11.4. The molecule has 0 rings (SSSR count). The summed E-state index contributed by atoms with van der Waals surface area (Å²) in [5.74, 6) is -0.968. The smallest absolute Gasteiger partial charge is 0.326 e. The Morgan fingerprint density at radius 2 is 1.95 bits per heavy atom. The zero-order valence-corrected chi connectivity index (χ0v) is 11.8. The summed E-state index contributed by atoms with van der Waals surface area (Å²) in [7, 11) is 0. The van der Waals surface area contributed by atoms with Crippen LogP contribution >= 0.6 is 11.8 Å². The predicted octanol–water partition coefficient (Wildman–Crippen LogP) is 0.148. The molecule has 5 N–H and O–H groups in total. The summed E-state index contributed by atoms with van der Waals surface area (Å²) in [6.45, 7) is 0.475. The van der Waals surface area contributed by atoms with Crippen molar-refractivity contribution < 1.29 is 19.5 Å². The first-order valence-electron chi connectivity index (χ1n) is 6.01. The highest BCUT2D eigenvalue weighted by molar-refractivity contribution is 7.98. The molecule has 0 aromatic heterocycles. The summed E-state index contributed by atoms with van der Waals surface area (Å²) in [6.07, 6.45) is 4.54. The lowest BCUT2D eigenvalue weighted by molar-refractivity contribution is -0.140. The van der Waals surface area contributed by atoms with Crippen molar-refractivity contribution in [1.29, 1.82) is 0 Å². The van der Waals surface area contributed by atoms with Gasteiger partial charge in [-0.1, -0.05) is 6.42 Å². The zero-order valence-electron chi connectivity index (χ0n) is 11.0. The largest absolute Gasteiger partial charge is 0.480 e. The Labute approximate surface area is 116 Å². The summed E-state index contributed by atoms with van der Waals surface area (Å²) < 4.78 is 0. The maximum Gasteiger partial charge on any atom is 0.326 e. The lowest BCUT2D eigenvalue weighted by Gasteiger charge is -2.13. The Bertz CT molecular complexity index is 312. The number of hydrogen-bond acceptors (Lipinski definition) is 4. The Kier molecular flexibility index (Phi) is 9.69. The van der Waals surface area contributed by atoms with Gasteiger partial charge in [-0.15, -0.1) is 0 Å². The van der Waals surface area contributed by atoms with Gasteiger partial charge < -0.3 is 21.5 Å². The number of carbonyl (C=O) groups excluding carboxylic acids is 2. The van der Waals surface area contributed by atoms with Gasteiger partial charge in [0.05, 0.1) is 6.42 Å². The van der Waals surface area contributed by atoms with Crippen LogP contribution in [0.4, 0.5) is 4.79 Å². The van der Waals surface area contributed by atoms with Crippen LogP contribution in [0.1, 0.15) is 25.7 Å². The van der Waals surface area contributed by atoms with Crippen molar-refractivity contribution in [2.45, 2.75) is 31.7 Å². The highest BCUT2D eigenvalue weighted by Crippen LogP contribution is 2.01. The van der Waals surface area contributed by atoms with Crippen molar-refractivity contribution in [1.82, 2.24) is 10.6 Å². The van der Waals surface area contributed by atoms with E-state index < -0.39 is 30.4 Å². The average Bonchev–Trinajstić information content (AvgIpc) is 2.32. The Hall–Kier alpha value is -1.44. The number of urea groups is 1. The molecule has 0 aromatic carbocycles. The molecule has 7 nitrogen and oxygen atoms in total. The number of carbonyl (C=O) groups is 3. The molecular weight excluding hydrogens is 270 g/mol. The van der Waals surface area contributed by atoms with Crippen LogP contribution < -0.4 is 16.4 Å². The number of rotatable bonds is 10. The van der Waals surface area contributed by atoms with Gasteiger partial charge in [0.2, 0.25) is 5.91 Å². The topological polar surface area (TPSA) is 122 Å². The van der Waals surface area contributed by atoms with E-state index in [9.17, 15) is 14.4 Å². The highest BCUT2D eigenvalue weighted by Gasteiger charge is 2.21. The summed E-state index contributed by atoms with van der Waals surface area (Å²) in [5.41, 5.74) is 4.90. The van der Waals surface area contributed by atoms with E-state index in [0.29, 0.717) is 6.54 Å². The quantitative estimate of drug-likeness (QED) is 0.427. The maximum absolute atomic E-state index is 11.4. The van der Waals surface area contributed by atoms with Crippen LogP contribution in [0.15, 0.2) is 0 Å². The Morgan fingerprint density at radius 3 is 2.47 bits per heavy atom. The molecule has 0 heterocycles. The van der Waals surface area contributed by atoms with E-state index in [1.54, 1.807) is 11.8 Å². The van der Waals surface area contributed by atoms with Crippen LogP contribution in [0.3, 0.4) is 0 Å². The minimum Gasteiger partial charge on any atom is -0.480 e. The molecule has 0 fully saturated rings. The minimum absolute atomic E-state index is 0.420. The molecule has 1 atom stereocenters. The van der Waals surface area contributed by atoms with Crippen LogP contribution in [0, 0.1) is 0 Å². The van der Waals surface area contributed by atoms with E-state index in [2.05, 4.69) is 10.6 Å². The van der Waals surface area contributed by atoms with E-state index in [0.717, 1.165) is 25.0 Å². The van der Waals surface area contributed by atoms with Crippen molar-refractivity contribution >= 4 is 29.7 Å². The van der Waals surface area contributed by atoms with Gasteiger partial charge in [-0.05, 0) is 24.9 Å².